The van der Waals surface area contributed by atoms with E-state index < -0.39 is 6.03 Å². The number of carbonyl (C=O) groups excluding carboxylic acids is 2. The number of hydrogen-bond donors (Lipinski definition) is 2. The van der Waals surface area contributed by atoms with Crippen molar-refractivity contribution in [3.8, 4) is 0 Å². The fourth-order valence-electron chi connectivity index (χ4n) is 2.11. The average molecular weight is 315 g/mol. The summed E-state index contributed by atoms with van der Waals surface area (Å²) in [6.07, 6.45) is 1.57. The predicted molar refractivity (Wildman–Crippen MR) is 88.1 cm³/mol. The third kappa shape index (κ3) is 4.60. The number of rotatable bonds is 5. The maximum atomic E-state index is 12.1. The third-order valence-electron chi connectivity index (χ3n) is 3.61. The molecule has 23 heavy (non-hydrogen) atoms. The molecule has 6 nitrogen and oxygen atoms in total. The number of hydrogen-bond acceptors (Lipinski definition) is 3. The molecule has 1 unspecified atom stereocenters. The van der Waals surface area contributed by atoms with Gasteiger partial charge in [-0.1, -0.05) is 12.1 Å². The summed E-state index contributed by atoms with van der Waals surface area (Å²) in [5.41, 5.74) is 1.73. The van der Waals surface area contributed by atoms with Crippen LogP contribution in [0.1, 0.15) is 24.3 Å². The highest BCUT2D eigenvalue weighted by molar-refractivity contribution is 5.92. The highest BCUT2D eigenvalue weighted by Crippen LogP contribution is 2.18. The number of likely N-dealkylation sites (N-methyl/N-ethyl adjacent to an activating group) is 1. The standard InChI is InChI=1S/C17H21N3O3/c1-12-6-4-7-14(10-12)19-17(22)18-11-16(21)20(3)13(2)15-8-5-9-23-15/h4-10,13H,11H2,1-3H3,(H2,18,19,22). The van der Waals surface area contributed by atoms with Crippen molar-refractivity contribution in [2.24, 2.45) is 0 Å². The van der Waals surface area contributed by atoms with Gasteiger partial charge in [-0.25, -0.2) is 4.79 Å². The van der Waals surface area contributed by atoms with Crippen LogP contribution in [0.5, 0.6) is 0 Å². The predicted octanol–water partition coefficient (Wildman–Crippen LogP) is 2.93. The Morgan fingerprint density at radius 3 is 2.70 bits per heavy atom. The molecule has 2 N–H and O–H groups in total. The Kier molecular flexibility index (Phi) is 5.41. The summed E-state index contributed by atoms with van der Waals surface area (Å²) in [6.45, 7) is 3.72. The van der Waals surface area contributed by atoms with Gasteiger partial charge < -0.3 is 20.0 Å². The zero-order chi connectivity index (χ0) is 16.8. The van der Waals surface area contributed by atoms with E-state index in [2.05, 4.69) is 10.6 Å². The minimum Gasteiger partial charge on any atom is -0.467 e. The van der Waals surface area contributed by atoms with Crippen molar-refractivity contribution >= 4 is 17.6 Å². The quantitative estimate of drug-likeness (QED) is 0.891. The lowest BCUT2D eigenvalue weighted by molar-refractivity contribution is -0.130. The minimum absolute atomic E-state index is 0.0841. The van der Waals surface area contributed by atoms with Crippen LogP contribution < -0.4 is 10.6 Å². The summed E-state index contributed by atoms with van der Waals surface area (Å²) in [7, 11) is 1.68. The molecule has 6 heteroatoms. The van der Waals surface area contributed by atoms with E-state index in [1.807, 2.05) is 38.1 Å². The van der Waals surface area contributed by atoms with E-state index in [1.165, 1.54) is 4.90 Å². The van der Waals surface area contributed by atoms with Crippen LogP contribution in [0.3, 0.4) is 0 Å². The number of amides is 3. The monoisotopic (exact) mass is 315 g/mol. The van der Waals surface area contributed by atoms with Gasteiger partial charge in [0.25, 0.3) is 0 Å². The molecule has 122 valence electrons. The molecule has 0 saturated heterocycles. The number of benzene rings is 1. The van der Waals surface area contributed by atoms with Crippen molar-refractivity contribution in [2.75, 3.05) is 18.9 Å². The van der Waals surface area contributed by atoms with Gasteiger partial charge in [0.1, 0.15) is 5.76 Å². The zero-order valence-corrected chi connectivity index (χ0v) is 13.5. The van der Waals surface area contributed by atoms with Gasteiger partial charge in [-0.15, -0.1) is 0 Å². The van der Waals surface area contributed by atoms with Gasteiger partial charge in [0.05, 0.1) is 18.8 Å². The summed E-state index contributed by atoms with van der Waals surface area (Å²) in [4.78, 5) is 25.5. The van der Waals surface area contributed by atoms with Gasteiger partial charge in [-0.05, 0) is 43.7 Å². The Balaban J connectivity index is 1.82. The Morgan fingerprint density at radius 2 is 2.04 bits per heavy atom. The van der Waals surface area contributed by atoms with Crippen LogP contribution in [0.4, 0.5) is 10.5 Å². The molecule has 0 spiro atoms. The minimum atomic E-state index is -0.414. The van der Waals surface area contributed by atoms with Crippen molar-refractivity contribution in [2.45, 2.75) is 19.9 Å². The van der Waals surface area contributed by atoms with E-state index in [0.717, 1.165) is 5.56 Å². The second-order valence-electron chi connectivity index (χ2n) is 5.37. The number of carbonyl (C=O) groups is 2. The first-order valence-electron chi connectivity index (χ1n) is 7.38. The van der Waals surface area contributed by atoms with Crippen LogP contribution in [0.2, 0.25) is 0 Å². The van der Waals surface area contributed by atoms with Crippen LogP contribution >= 0.6 is 0 Å². The molecule has 0 bridgehead atoms. The lowest BCUT2D eigenvalue weighted by atomic mass is 10.2. The van der Waals surface area contributed by atoms with Crippen LogP contribution in [0.25, 0.3) is 0 Å². The van der Waals surface area contributed by atoms with Crippen molar-refractivity contribution in [1.29, 1.82) is 0 Å². The average Bonchev–Trinajstić information content (AvgIpc) is 3.05. The van der Waals surface area contributed by atoms with Gasteiger partial charge in [0.15, 0.2) is 0 Å². The molecule has 0 aliphatic heterocycles. The second kappa shape index (κ2) is 7.49. The summed E-state index contributed by atoms with van der Waals surface area (Å²) in [5, 5.41) is 5.25. The Hall–Kier alpha value is -2.76. The van der Waals surface area contributed by atoms with E-state index in [4.69, 9.17) is 4.42 Å². The van der Waals surface area contributed by atoms with Crippen molar-refractivity contribution in [3.63, 3.8) is 0 Å². The number of nitrogens with zero attached hydrogens (tertiary/aromatic N) is 1. The topological polar surface area (TPSA) is 74.6 Å². The number of furan rings is 1. The fraction of sp³-hybridized carbons (Fsp3) is 0.294. The lowest BCUT2D eigenvalue weighted by Crippen LogP contribution is -2.40. The summed E-state index contributed by atoms with van der Waals surface area (Å²) in [5.74, 6) is 0.498. The van der Waals surface area contributed by atoms with Gasteiger partial charge in [-0.2, -0.15) is 0 Å². The maximum Gasteiger partial charge on any atom is 0.319 e. The number of nitrogens with one attached hydrogen (secondary N) is 2. The van der Waals surface area contributed by atoms with Crippen LogP contribution in [-0.2, 0) is 4.79 Å². The van der Waals surface area contributed by atoms with E-state index in [9.17, 15) is 9.59 Å². The van der Waals surface area contributed by atoms with Crippen LogP contribution in [-0.4, -0.2) is 30.4 Å². The highest BCUT2D eigenvalue weighted by atomic mass is 16.3. The van der Waals surface area contributed by atoms with E-state index in [1.54, 1.807) is 25.4 Å². The summed E-state index contributed by atoms with van der Waals surface area (Å²) < 4.78 is 5.29. The molecule has 0 fully saturated rings. The number of anilines is 1. The Bertz CT molecular complexity index is 667. The smallest absolute Gasteiger partial charge is 0.319 e. The molecule has 3 amide bonds. The van der Waals surface area contributed by atoms with Crippen LogP contribution in [0, 0.1) is 6.92 Å². The molecule has 1 atom stereocenters. The van der Waals surface area contributed by atoms with Crippen LogP contribution in [0.15, 0.2) is 47.1 Å². The largest absolute Gasteiger partial charge is 0.467 e. The Morgan fingerprint density at radius 1 is 1.26 bits per heavy atom. The molecule has 0 radical (unpaired) electrons. The molecule has 1 aromatic carbocycles. The maximum absolute atomic E-state index is 12.1. The van der Waals surface area contributed by atoms with E-state index in [-0.39, 0.29) is 18.5 Å². The van der Waals surface area contributed by atoms with Gasteiger partial charge in [0, 0.05) is 12.7 Å². The molecule has 1 heterocycles. The first-order valence-corrected chi connectivity index (χ1v) is 7.38. The number of urea groups is 1. The first kappa shape index (κ1) is 16.6. The normalized spacial score (nSPS) is 11.6. The van der Waals surface area contributed by atoms with Crippen molar-refractivity contribution < 1.29 is 14.0 Å². The molecule has 1 aromatic heterocycles. The molecule has 0 aliphatic carbocycles. The van der Waals surface area contributed by atoms with E-state index in [0.29, 0.717) is 11.4 Å². The first-order chi connectivity index (χ1) is 11.0. The second-order valence-corrected chi connectivity index (χ2v) is 5.37. The molecule has 2 rings (SSSR count). The zero-order valence-electron chi connectivity index (χ0n) is 13.5. The lowest BCUT2D eigenvalue weighted by Gasteiger charge is -2.23. The molecule has 2 aromatic rings. The molecule has 0 aliphatic rings. The molecule has 0 saturated carbocycles. The van der Waals surface area contributed by atoms with Gasteiger partial charge in [0.2, 0.25) is 5.91 Å². The highest BCUT2D eigenvalue weighted by Gasteiger charge is 2.19. The SMILES string of the molecule is Cc1cccc(NC(=O)NCC(=O)N(C)C(C)c2ccco2)c1. The number of aryl methyl sites for hydroxylation is 1. The fourth-order valence-corrected chi connectivity index (χ4v) is 2.11. The van der Waals surface area contributed by atoms with E-state index >= 15 is 0 Å². The third-order valence-corrected chi connectivity index (χ3v) is 3.61. The molecular weight excluding hydrogens is 294 g/mol. The molecular formula is C17H21N3O3. The van der Waals surface area contributed by atoms with Gasteiger partial charge in [-0.3, -0.25) is 4.79 Å². The Labute approximate surface area is 135 Å². The summed E-state index contributed by atoms with van der Waals surface area (Å²) >= 11 is 0. The van der Waals surface area contributed by atoms with Crippen molar-refractivity contribution in [3.05, 3.63) is 54.0 Å². The van der Waals surface area contributed by atoms with Gasteiger partial charge >= 0.3 is 6.03 Å². The summed E-state index contributed by atoms with van der Waals surface area (Å²) in [6, 6.07) is 10.4. The van der Waals surface area contributed by atoms with Crippen molar-refractivity contribution in [1.82, 2.24) is 10.2 Å².